The molecule has 1 aliphatic carbocycles. The lowest BCUT2D eigenvalue weighted by molar-refractivity contribution is -0.384. The number of hydrogen-bond donors (Lipinski definition) is 2. The summed E-state index contributed by atoms with van der Waals surface area (Å²) in [5.41, 5.74) is 8.95. The second-order valence-corrected chi connectivity index (χ2v) is 9.81. The van der Waals surface area contributed by atoms with Crippen molar-refractivity contribution in [2.45, 2.75) is 19.8 Å². The summed E-state index contributed by atoms with van der Waals surface area (Å²) in [4.78, 5) is 53.3. The number of hydrogen-bond acceptors (Lipinski definition) is 7. The van der Waals surface area contributed by atoms with Crippen LogP contribution in [0.2, 0.25) is 0 Å². The van der Waals surface area contributed by atoms with Crippen LogP contribution in [-0.2, 0) is 16.0 Å². The second-order valence-electron chi connectivity index (χ2n) is 9.81. The summed E-state index contributed by atoms with van der Waals surface area (Å²) in [7, 11) is 0. The van der Waals surface area contributed by atoms with Crippen LogP contribution in [0.15, 0.2) is 78.9 Å². The van der Waals surface area contributed by atoms with Crippen LogP contribution in [-0.4, -0.2) is 34.3 Å². The van der Waals surface area contributed by atoms with Crippen LogP contribution in [0.1, 0.15) is 50.9 Å². The van der Waals surface area contributed by atoms with Gasteiger partial charge in [0, 0.05) is 23.1 Å². The van der Waals surface area contributed by atoms with Gasteiger partial charge in [-0.25, -0.2) is 9.78 Å². The van der Waals surface area contributed by atoms with Crippen molar-refractivity contribution in [2.75, 3.05) is 6.61 Å². The second kappa shape index (κ2) is 11.8. The number of nitrogens with one attached hydrogen (secondary N) is 2. The van der Waals surface area contributed by atoms with Crippen molar-refractivity contribution in [2.24, 2.45) is 5.92 Å². The molecule has 1 aliphatic rings. The number of non-ortho nitro benzene ring substituents is 1. The molecule has 10 nitrogen and oxygen atoms in total. The normalized spacial score (nSPS) is 15.1. The Kier molecular flexibility index (Phi) is 7.82. The topological polar surface area (TPSA) is 141 Å². The number of allylic oxidation sites excluding steroid dienone is 1. The Hall–Kier alpha value is -5.38. The van der Waals surface area contributed by atoms with Crippen molar-refractivity contribution < 1.29 is 24.0 Å². The zero-order valence-corrected chi connectivity index (χ0v) is 22.1. The number of carbonyl (C=O) groups is 3. The van der Waals surface area contributed by atoms with Crippen LogP contribution >= 0.6 is 0 Å². The molecule has 41 heavy (non-hydrogen) atoms. The summed E-state index contributed by atoms with van der Waals surface area (Å²) in [6, 6.07) is 22.1. The number of para-hydroxylation sites is 1. The van der Waals surface area contributed by atoms with Crippen molar-refractivity contribution >= 4 is 46.0 Å². The molecule has 0 fully saturated rings. The first-order valence-electron chi connectivity index (χ1n) is 13.0. The molecule has 1 aromatic heterocycles. The maximum Gasteiger partial charge on any atom is 0.339 e. The molecule has 1 heterocycles. The number of rotatable bonds is 6. The number of pyridine rings is 1. The predicted molar refractivity (Wildman–Crippen MR) is 153 cm³/mol. The van der Waals surface area contributed by atoms with Crippen LogP contribution in [0.25, 0.3) is 22.6 Å². The van der Waals surface area contributed by atoms with E-state index < -0.39 is 29.3 Å². The Bertz CT molecular complexity index is 1680. The van der Waals surface area contributed by atoms with Gasteiger partial charge in [0.1, 0.15) is 0 Å². The third kappa shape index (κ3) is 6.11. The minimum absolute atomic E-state index is 0.108. The molecule has 206 valence electrons. The number of benzene rings is 3. The fourth-order valence-corrected chi connectivity index (χ4v) is 4.89. The lowest BCUT2D eigenvalue weighted by Gasteiger charge is -2.26. The van der Waals surface area contributed by atoms with E-state index in [0.717, 1.165) is 28.8 Å². The van der Waals surface area contributed by atoms with E-state index in [1.165, 1.54) is 24.3 Å². The number of carbonyl (C=O) groups excluding carboxylic acids is 3. The average molecular weight is 551 g/mol. The van der Waals surface area contributed by atoms with Gasteiger partial charge in [-0.3, -0.25) is 30.6 Å². The standard InChI is InChI=1S/C31H26N4O6/c1-19-15-22(17-20-7-3-2-4-8-20)29-25(16-19)28(24-9-5-6-10-26(24)32-29)31(38)41-18-27(36)33-34-30(37)21-11-13-23(14-12-21)35(39)40/h2-14,17,19H,15-16,18H2,1H3,(H,33,36)(H,34,37). The Morgan fingerprint density at radius 1 is 0.976 bits per heavy atom. The lowest BCUT2D eigenvalue weighted by atomic mass is 9.80. The molecule has 0 spiro atoms. The zero-order chi connectivity index (χ0) is 28.9. The predicted octanol–water partition coefficient (Wildman–Crippen LogP) is 4.88. The van der Waals surface area contributed by atoms with Crippen molar-refractivity contribution in [3.05, 3.63) is 117 Å². The first kappa shape index (κ1) is 27.2. The van der Waals surface area contributed by atoms with E-state index in [9.17, 15) is 24.5 Å². The van der Waals surface area contributed by atoms with Gasteiger partial charge in [-0.15, -0.1) is 0 Å². The van der Waals surface area contributed by atoms with Crippen LogP contribution in [0.3, 0.4) is 0 Å². The number of nitrogens with zero attached hydrogens (tertiary/aromatic N) is 2. The summed E-state index contributed by atoms with van der Waals surface area (Å²) in [6.07, 6.45) is 3.52. The van der Waals surface area contributed by atoms with Crippen LogP contribution in [0, 0.1) is 16.0 Å². The quantitative estimate of drug-likeness (QED) is 0.198. The number of fused-ring (bicyclic) bond motifs is 2. The van der Waals surface area contributed by atoms with Gasteiger partial charge in [-0.2, -0.15) is 0 Å². The molecule has 2 N–H and O–H groups in total. The number of ether oxygens (including phenoxy) is 1. The molecule has 1 atom stereocenters. The lowest BCUT2D eigenvalue weighted by Crippen LogP contribution is -2.43. The first-order valence-corrected chi connectivity index (χ1v) is 13.0. The molecule has 10 heteroatoms. The molecular formula is C31H26N4O6. The molecule has 1 unspecified atom stereocenters. The SMILES string of the molecule is CC1CC(=Cc2ccccc2)c2nc3ccccc3c(C(=O)OCC(=O)NNC(=O)c3ccc([N+](=O)[O-])cc3)c2C1. The van der Waals surface area contributed by atoms with Gasteiger partial charge in [-0.1, -0.05) is 55.5 Å². The Labute approximate surface area is 235 Å². The Balaban J connectivity index is 1.34. The molecule has 5 rings (SSSR count). The highest BCUT2D eigenvalue weighted by atomic mass is 16.6. The van der Waals surface area contributed by atoms with E-state index in [-0.39, 0.29) is 17.2 Å². The maximum absolute atomic E-state index is 13.5. The fraction of sp³-hybridized carbons (Fsp3) is 0.161. The summed E-state index contributed by atoms with van der Waals surface area (Å²) >= 11 is 0. The van der Waals surface area contributed by atoms with Crippen molar-refractivity contribution in [1.29, 1.82) is 0 Å². The highest BCUT2D eigenvalue weighted by Gasteiger charge is 2.29. The minimum Gasteiger partial charge on any atom is -0.452 e. The Morgan fingerprint density at radius 2 is 1.68 bits per heavy atom. The van der Waals surface area contributed by atoms with Crippen LogP contribution in [0.4, 0.5) is 5.69 Å². The molecule has 0 saturated carbocycles. The smallest absolute Gasteiger partial charge is 0.339 e. The molecule has 0 bridgehead atoms. The largest absolute Gasteiger partial charge is 0.452 e. The highest BCUT2D eigenvalue weighted by molar-refractivity contribution is 6.07. The van der Waals surface area contributed by atoms with Gasteiger partial charge in [0.2, 0.25) is 0 Å². The van der Waals surface area contributed by atoms with Gasteiger partial charge in [0.25, 0.3) is 17.5 Å². The summed E-state index contributed by atoms with van der Waals surface area (Å²) in [6.45, 7) is 1.49. The number of amides is 2. The summed E-state index contributed by atoms with van der Waals surface area (Å²) in [5.74, 6) is -1.84. The van der Waals surface area contributed by atoms with E-state index in [4.69, 9.17) is 9.72 Å². The number of nitro benzene ring substituents is 1. The summed E-state index contributed by atoms with van der Waals surface area (Å²) < 4.78 is 5.41. The third-order valence-corrected chi connectivity index (χ3v) is 6.75. The number of aromatic nitrogens is 1. The van der Waals surface area contributed by atoms with E-state index in [1.807, 2.05) is 54.6 Å². The van der Waals surface area contributed by atoms with E-state index in [1.54, 1.807) is 0 Å². The molecular weight excluding hydrogens is 524 g/mol. The van der Waals surface area contributed by atoms with Crippen molar-refractivity contribution in [3.63, 3.8) is 0 Å². The molecule has 0 radical (unpaired) electrons. The van der Waals surface area contributed by atoms with E-state index in [2.05, 4.69) is 23.9 Å². The van der Waals surface area contributed by atoms with Crippen molar-refractivity contribution in [3.8, 4) is 0 Å². The van der Waals surface area contributed by atoms with Crippen LogP contribution < -0.4 is 10.9 Å². The average Bonchev–Trinajstić information content (AvgIpc) is 2.98. The van der Waals surface area contributed by atoms with Gasteiger partial charge < -0.3 is 4.74 Å². The number of esters is 1. The zero-order valence-electron chi connectivity index (χ0n) is 22.1. The molecule has 2 amide bonds. The van der Waals surface area contributed by atoms with E-state index >= 15 is 0 Å². The monoisotopic (exact) mass is 550 g/mol. The fourth-order valence-electron chi connectivity index (χ4n) is 4.89. The highest BCUT2D eigenvalue weighted by Crippen LogP contribution is 2.38. The van der Waals surface area contributed by atoms with Gasteiger partial charge >= 0.3 is 5.97 Å². The van der Waals surface area contributed by atoms with Gasteiger partial charge in [0.15, 0.2) is 6.61 Å². The first-order chi connectivity index (χ1) is 19.8. The summed E-state index contributed by atoms with van der Waals surface area (Å²) in [5, 5.41) is 11.4. The van der Waals surface area contributed by atoms with E-state index in [0.29, 0.717) is 22.9 Å². The van der Waals surface area contributed by atoms with Crippen LogP contribution in [0.5, 0.6) is 0 Å². The molecule has 4 aromatic rings. The molecule has 0 saturated heterocycles. The minimum atomic E-state index is -0.751. The third-order valence-electron chi connectivity index (χ3n) is 6.75. The number of hydrazine groups is 1. The molecule has 0 aliphatic heterocycles. The van der Waals surface area contributed by atoms with Gasteiger partial charge in [-0.05, 0) is 59.7 Å². The Morgan fingerprint density at radius 3 is 2.41 bits per heavy atom. The number of nitro groups is 1. The van der Waals surface area contributed by atoms with Gasteiger partial charge in [0.05, 0.1) is 21.7 Å². The molecule has 3 aromatic carbocycles. The van der Waals surface area contributed by atoms with Crippen molar-refractivity contribution in [1.82, 2.24) is 15.8 Å². The maximum atomic E-state index is 13.5.